The lowest BCUT2D eigenvalue weighted by Gasteiger charge is -2.36. The van der Waals surface area contributed by atoms with Gasteiger partial charge in [-0.1, -0.05) is 62.9 Å². The van der Waals surface area contributed by atoms with Gasteiger partial charge in [-0.25, -0.2) is 9.78 Å². The minimum absolute atomic E-state index is 0.0860. The zero-order chi connectivity index (χ0) is 26.7. The number of carbonyl (C=O) groups is 1. The molecule has 1 aromatic heterocycles. The molecule has 1 aliphatic heterocycles. The van der Waals surface area contributed by atoms with Crippen LogP contribution in [0.5, 0.6) is 0 Å². The highest BCUT2D eigenvalue weighted by Gasteiger charge is 2.45. The third-order valence-corrected chi connectivity index (χ3v) is 12.9. The molecule has 0 aliphatic carbocycles. The van der Waals surface area contributed by atoms with Crippen molar-refractivity contribution in [3.05, 3.63) is 59.3 Å². The maximum absolute atomic E-state index is 12.0. The fourth-order valence-electron chi connectivity index (χ4n) is 3.95. The van der Waals surface area contributed by atoms with Gasteiger partial charge in [0.15, 0.2) is 8.32 Å². The van der Waals surface area contributed by atoms with E-state index in [1.807, 2.05) is 36.4 Å². The predicted octanol–water partition coefficient (Wildman–Crippen LogP) is 6.81. The number of hydrogen-bond acceptors (Lipinski definition) is 6. The van der Waals surface area contributed by atoms with Crippen molar-refractivity contribution in [1.82, 2.24) is 9.88 Å². The minimum Gasteiger partial charge on any atom is -0.465 e. The van der Waals surface area contributed by atoms with E-state index in [0.29, 0.717) is 30.2 Å². The number of benzene rings is 1. The molecule has 1 aromatic carbocycles. The van der Waals surface area contributed by atoms with Gasteiger partial charge < -0.3 is 14.3 Å². The molecule has 2 atom stereocenters. The fraction of sp³-hybridized carbons (Fsp3) is 0.519. The summed E-state index contributed by atoms with van der Waals surface area (Å²) in [6.45, 7) is 15.3. The summed E-state index contributed by atoms with van der Waals surface area (Å²) in [6, 6.07) is 15.5. The van der Waals surface area contributed by atoms with Gasteiger partial charge in [0, 0.05) is 5.25 Å². The first-order chi connectivity index (χ1) is 16.7. The summed E-state index contributed by atoms with van der Waals surface area (Å²) in [5.41, 5.74) is 1.44. The molecule has 0 bridgehead atoms. The number of amides is 1. The Balaban J connectivity index is 1.89. The number of thioether (sulfide) groups is 1. The molecular weight excluding hydrogens is 490 g/mol. The van der Waals surface area contributed by atoms with Gasteiger partial charge in [-0.2, -0.15) is 5.26 Å². The normalized spacial score (nSPS) is 18.6. The van der Waals surface area contributed by atoms with Crippen molar-refractivity contribution in [1.29, 1.82) is 5.26 Å². The number of ether oxygens (including phenoxy) is 1. The number of nitriles is 1. The lowest BCUT2D eigenvalue weighted by Crippen LogP contribution is -2.47. The van der Waals surface area contributed by atoms with Crippen LogP contribution in [0, 0.1) is 11.3 Å². The summed E-state index contributed by atoms with van der Waals surface area (Å²) < 4.78 is 12.2. The van der Waals surface area contributed by atoms with Crippen LogP contribution < -0.4 is 0 Å². The van der Waals surface area contributed by atoms with Crippen LogP contribution in [0.3, 0.4) is 0 Å². The van der Waals surface area contributed by atoms with Gasteiger partial charge in [0.1, 0.15) is 16.8 Å². The first-order valence-electron chi connectivity index (χ1n) is 12.2. The first kappa shape index (κ1) is 28.2. The molecule has 2 heterocycles. The number of carboxylic acid groups (broad SMARTS) is 1. The van der Waals surface area contributed by atoms with E-state index in [2.05, 4.69) is 39.9 Å². The minimum atomic E-state index is -1.96. The molecule has 36 heavy (non-hydrogen) atoms. The number of rotatable bonds is 8. The van der Waals surface area contributed by atoms with E-state index in [1.165, 1.54) is 16.7 Å². The predicted molar refractivity (Wildman–Crippen MR) is 144 cm³/mol. The first-order valence-corrected chi connectivity index (χ1v) is 16.0. The van der Waals surface area contributed by atoms with Crippen molar-refractivity contribution in [3.63, 3.8) is 0 Å². The van der Waals surface area contributed by atoms with E-state index >= 15 is 0 Å². The fourth-order valence-corrected chi connectivity index (χ4v) is 6.18. The summed E-state index contributed by atoms with van der Waals surface area (Å²) in [5, 5.41) is 20.3. The number of nitrogens with zero attached hydrogens (tertiary/aromatic N) is 3. The Morgan fingerprint density at radius 2 is 1.97 bits per heavy atom. The molecule has 0 spiro atoms. The maximum atomic E-state index is 12.0. The maximum Gasteiger partial charge on any atom is 0.409 e. The summed E-state index contributed by atoms with van der Waals surface area (Å²) >= 11 is 1.49. The number of hydrogen-bond donors (Lipinski definition) is 1. The smallest absolute Gasteiger partial charge is 0.409 e. The van der Waals surface area contributed by atoms with Crippen LogP contribution in [0.4, 0.5) is 4.79 Å². The molecule has 9 heteroatoms. The molecule has 1 fully saturated rings. The van der Waals surface area contributed by atoms with Crippen LogP contribution in [-0.4, -0.2) is 47.8 Å². The number of pyridine rings is 1. The third kappa shape index (κ3) is 6.48. The topological polar surface area (TPSA) is 95.7 Å². The Bertz CT molecular complexity index is 1110. The summed E-state index contributed by atoms with van der Waals surface area (Å²) in [7, 11) is -1.96. The lowest BCUT2D eigenvalue weighted by molar-refractivity contribution is -0.0421. The second-order valence-corrected chi connectivity index (χ2v) is 17.1. The number of aromatic nitrogens is 1. The van der Waals surface area contributed by atoms with E-state index in [4.69, 9.17) is 14.1 Å². The Morgan fingerprint density at radius 3 is 2.56 bits per heavy atom. The highest BCUT2D eigenvalue weighted by atomic mass is 32.2. The highest BCUT2D eigenvalue weighted by Crippen LogP contribution is 2.43. The highest BCUT2D eigenvalue weighted by molar-refractivity contribution is 7.99. The molecule has 0 radical (unpaired) electrons. The average Bonchev–Trinajstić information content (AvgIpc) is 3.11. The molecular formula is C27H37N3O4SSi. The monoisotopic (exact) mass is 527 g/mol. The molecule has 194 valence electrons. The molecule has 0 unspecified atom stereocenters. The largest absolute Gasteiger partial charge is 0.465 e. The SMILES string of the molecule is CC1(C)OC[C@H](C[C@@H](Sc2nc(CO[Si](C)(C)C(C)(C)C)ccc2C#N)c2ccccc2)N1C(=O)O. The zero-order valence-electron chi connectivity index (χ0n) is 22.2. The van der Waals surface area contributed by atoms with Gasteiger partial charge in [-0.3, -0.25) is 4.90 Å². The van der Waals surface area contributed by atoms with E-state index in [9.17, 15) is 15.2 Å². The summed E-state index contributed by atoms with van der Waals surface area (Å²) in [5.74, 6) is 0. The molecule has 1 N–H and O–H groups in total. The second kappa shape index (κ2) is 10.9. The van der Waals surface area contributed by atoms with Crippen LogP contribution >= 0.6 is 11.8 Å². The van der Waals surface area contributed by atoms with Crippen LogP contribution in [0.1, 0.15) is 63.1 Å². The van der Waals surface area contributed by atoms with Gasteiger partial charge in [0.25, 0.3) is 0 Å². The van der Waals surface area contributed by atoms with Crippen molar-refractivity contribution in [2.24, 2.45) is 0 Å². The standard InChI is InChI=1S/C27H37N3O4SSi/c1-26(2,3)36(6,7)34-17-21-14-13-20(16-28)24(29-21)35-23(19-11-9-8-10-12-19)15-22-18-33-27(4,5)30(22)25(31)32/h8-14,22-23H,15,17-18H2,1-7H3,(H,31,32)/t22-,23+/m0/s1. The van der Waals surface area contributed by atoms with Gasteiger partial charge in [0.2, 0.25) is 0 Å². The Hall–Kier alpha value is -2.38. The van der Waals surface area contributed by atoms with E-state index < -0.39 is 20.1 Å². The van der Waals surface area contributed by atoms with Crippen LogP contribution in [-0.2, 0) is 15.8 Å². The van der Waals surface area contributed by atoms with E-state index in [-0.39, 0.29) is 16.3 Å². The zero-order valence-corrected chi connectivity index (χ0v) is 24.1. The second-order valence-electron chi connectivity index (χ2n) is 11.1. The molecule has 1 saturated heterocycles. The van der Waals surface area contributed by atoms with E-state index in [1.54, 1.807) is 19.9 Å². The van der Waals surface area contributed by atoms with Crippen molar-refractivity contribution >= 4 is 26.2 Å². The van der Waals surface area contributed by atoms with Crippen molar-refractivity contribution in [3.8, 4) is 6.07 Å². The Labute approximate surface area is 220 Å². The van der Waals surface area contributed by atoms with Crippen molar-refractivity contribution < 1.29 is 19.1 Å². The van der Waals surface area contributed by atoms with Gasteiger partial charge in [-0.15, -0.1) is 0 Å². The molecule has 7 nitrogen and oxygen atoms in total. The molecule has 2 aromatic rings. The van der Waals surface area contributed by atoms with Crippen LogP contribution in [0.15, 0.2) is 47.5 Å². The van der Waals surface area contributed by atoms with Gasteiger partial charge >= 0.3 is 6.09 Å². The average molecular weight is 528 g/mol. The Kier molecular flexibility index (Phi) is 8.56. The van der Waals surface area contributed by atoms with Crippen LogP contribution in [0.25, 0.3) is 0 Å². The molecule has 0 saturated carbocycles. The quantitative estimate of drug-likeness (QED) is 0.297. The van der Waals surface area contributed by atoms with E-state index in [0.717, 1.165) is 11.3 Å². The molecule has 1 amide bonds. The third-order valence-electron chi connectivity index (χ3n) is 7.12. The van der Waals surface area contributed by atoms with Gasteiger partial charge in [0.05, 0.1) is 30.5 Å². The summed E-state index contributed by atoms with van der Waals surface area (Å²) in [6.07, 6.45) is -0.471. The van der Waals surface area contributed by atoms with Crippen molar-refractivity contribution in [2.75, 3.05) is 6.61 Å². The molecule has 3 rings (SSSR count). The molecule has 1 aliphatic rings. The Morgan fingerprint density at radius 1 is 1.31 bits per heavy atom. The lowest BCUT2D eigenvalue weighted by atomic mass is 10.0. The van der Waals surface area contributed by atoms with Gasteiger partial charge in [-0.05, 0) is 56.1 Å². The van der Waals surface area contributed by atoms with Crippen LogP contribution in [0.2, 0.25) is 18.1 Å². The van der Waals surface area contributed by atoms with Crippen molar-refractivity contribution in [2.45, 2.75) is 87.8 Å². The summed E-state index contributed by atoms with van der Waals surface area (Å²) in [4.78, 5) is 18.3.